The van der Waals surface area contributed by atoms with Crippen molar-refractivity contribution < 1.29 is 76.3 Å². The van der Waals surface area contributed by atoms with Crippen LogP contribution in [0.4, 0.5) is 22.7 Å². The number of esters is 4. The fourth-order valence-electron chi connectivity index (χ4n) is 6.62. The van der Waals surface area contributed by atoms with E-state index in [1.54, 1.807) is 27.7 Å². The summed E-state index contributed by atoms with van der Waals surface area (Å²) in [4.78, 5) is 107. The Morgan fingerprint density at radius 2 is 0.544 bits per heavy atom. The number of methoxy groups -OCH3 is 4. The predicted octanol–water partition coefficient (Wildman–Crippen LogP) is 9.27. The Morgan fingerprint density at radius 3 is 0.735 bits per heavy atom. The molecule has 0 saturated heterocycles. The fraction of sp³-hybridized carbons (Fsp3) is 0.333. The first kappa shape index (κ1) is 50.8. The van der Waals surface area contributed by atoms with Crippen LogP contribution in [-0.4, -0.2) is 75.9 Å². The number of fused-ring (bicyclic) bond motifs is 8. The molecule has 4 amide bonds. The maximum absolute atomic E-state index is 13.5. The average Bonchev–Trinajstić information content (AvgIpc) is 3.30. The highest BCUT2D eigenvalue weighted by Crippen LogP contribution is 2.48. The quantitative estimate of drug-likeness (QED) is 0.0531. The van der Waals surface area contributed by atoms with E-state index in [0.717, 1.165) is 52.7 Å². The number of hydrogen-bond acceptors (Lipinski definition) is 16. The molecule has 1 heterocycles. The van der Waals surface area contributed by atoms with Crippen molar-refractivity contribution in [2.75, 3.05) is 49.7 Å². The standard InChI is InChI=1S/C48H52N4O16/c1-9-13-41(53)49-29-19-30(50-42(54)14-10-2)38-23-37(29)65-33-21-34(26(46(58)62-6)17-25(33)45(57)61-5)67-39-24-40(32(52-44(56)16-12-4)20-31(39)51-43(55)15-11-3)68-36-22-35(66-38)27(47(59)63-7)18-28(36)48(60)64-8/h17-24H,9-16H2,1-8H3,(H,49,53)(H,50,54)(H,51,55)(H,52,56). The Morgan fingerprint density at radius 1 is 0.338 bits per heavy atom. The topological polar surface area (TPSA) is 259 Å². The largest absolute Gasteiger partial charge is 0.465 e. The van der Waals surface area contributed by atoms with E-state index in [-0.39, 0.29) is 117 Å². The van der Waals surface area contributed by atoms with Gasteiger partial charge in [-0.3, -0.25) is 19.2 Å². The van der Waals surface area contributed by atoms with E-state index in [1.807, 2.05) is 0 Å². The Kier molecular flexibility index (Phi) is 17.4. The summed E-state index contributed by atoms with van der Waals surface area (Å²) in [6.07, 6.45) is 2.04. The molecule has 0 saturated carbocycles. The molecule has 0 radical (unpaired) electrons. The number of benzene rings is 4. The normalized spacial score (nSPS) is 11.2. The zero-order valence-corrected chi connectivity index (χ0v) is 38.8. The first-order valence-electron chi connectivity index (χ1n) is 21.6. The lowest BCUT2D eigenvalue weighted by Gasteiger charge is -2.23. The summed E-state index contributed by atoms with van der Waals surface area (Å²) >= 11 is 0. The third-order valence-corrected chi connectivity index (χ3v) is 9.83. The third kappa shape index (κ3) is 12.2. The van der Waals surface area contributed by atoms with Gasteiger partial charge in [-0.05, 0) is 49.9 Å². The van der Waals surface area contributed by atoms with Crippen LogP contribution in [0.5, 0.6) is 46.0 Å². The Bertz CT molecular complexity index is 2300. The van der Waals surface area contributed by atoms with Crippen LogP contribution < -0.4 is 40.2 Å². The van der Waals surface area contributed by atoms with Crippen LogP contribution >= 0.6 is 0 Å². The van der Waals surface area contributed by atoms with Gasteiger partial charge in [0.05, 0.1) is 51.2 Å². The monoisotopic (exact) mass is 940 g/mol. The fourth-order valence-corrected chi connectivity index (χ4v) is 6.62. The smallest absolute Gasteiger partial charge is 0.341 e. The zero-order valence-electron chi connectivity index (χ0n) is 38.8. The number of rotatable bonds is 16. The molecule has 4 aromatic carbocycles. The van der Waals surface area contributed by atoms with Gasteiger partial charge in [0.25, 0.3) is 0 Å². The Labute approximate surface area is 391 Å². The summed E-state index contributed by atoms with van der Waals surface area (Å²) < 4.78 is 46.1. The number of carbonyl (C=O) groups is 8. The number of carbonyl (C=O) groups excluding carboxylic acids is 8. The molecular formula is C48H52N4O16. The van der Waals surface area contributed by atoms with Gasteiger partial charge in [-0.25, -0.2) is 19.2 Å². The summed E-state index contributed by atoms with van der Waals surface area (Å²) in [7, 11) is 4.37. The molecule has 0 aliphatic carbocycles. The summed E-state index contributed by atoms with van der Waals surface area (Å²) in [6.45, 7) is 7.14. The zero-order chi connectivity index (χ0) is 49.7. The molecule has 4 N–H and O–H groups in total. The number of hydrogen-bond donors (Lipinski definition) is 4. The maximum atomic E-state index is 13.5. The van der Waals surface area contributed by atoms with Crippen LogP contribution in [-0.2, 0) is 38.1 Å². The van der Waals surface area contributed by atoms with Gasteiger partial charge < -0.3 is 59.2 Å². The minimum atomic E-state index is -0.987. The van der Waals surface area contributed by atoms with E-state index in [2.05, 4.69) is 21.3 Å². The van der Waals surface area contributed by atoms with Crippen molar-refractivity contribution in [1.29, 1.82) is 0 Å². The van der Waals surface area contributed by atoms with Gasteiger partial charge in [-0.2, -0.15) is 0 Å². The molecule has 1 aliphatic rings. The first-order chi connectivity index (χ1) is 32.6. The lowest BCUT2D eigenvalue weighted by atomic mass is 10.1. The van der Waals surface area contributed by atoms with Gasteiger partial charge in [-0.15, -0.1) is 0 Å². The van der Waals surface area contributed by atoms with Gasteiger partial charge in [0.15, 0.2) is 23.0 Å². The number of nitrogens with one attached hydrogen (secondary N) is 4. The minimum Gasteiger partial charge on any atom is -0.465 e. The molecule has 20 nitrogen and oxygen atoms in total. The van der Waals surface area contributed by atoms with E-state index in [9.17, 15) is 38.4 Å². The predicted molar refractivity (Wildman–Crippen MR) is 246 cm³/mol. The van der Waals surface area contributed by atoms with Crippen molar-refractivity contribution in [2.45, 2.75) is 79.1 Å². The third-order valence-electron chi connectivity index (χ3n) is 9.83. The van der Waals surface area contributed by atoms with Crippen molar-refractivity contribution in [3.05, 3.63) is 70.8 Å². The highest BCUT2D eigenvalue weighted by atomic mass is 16.5. The first-order valence-corrected chi connectivity index (χ1v) is 21.6. The second-order valence-corrected chi connectivity index (χ2v) is 14.9. The lowest BCUT2D eigenvalue weighted by Crippen LogP contribution is -2.16. The van der Waals surface area contributed by atoms with E-state index in [4.69, 9.17) is 37.9 Å². The second-order valence-electron chi connectivity index (χ2n) is 14.9. The number of amides is 4. The second kappa shape index (κ2) is 23.3. The molecule has 5 rings (SSSR count). The highest BCUT2D eigenvalue weighted by molar-refractivity contribution is 6.03. The summed E-state index contributed by atoms with van der Waals surface area (Å²) in [5.41, 5.74) is -1.48. The van der Waals surface area contributed by atoms with Crippen molar-refractivity contribution in [1.82, 2.24) is 0 Å². The van der Waals surface area contributed by atoms with Gasteiger partial charge >= 0.3 is 23.9 Å². The van der Waals surface area contributed by atoms with Crippen molar-refractivity contribution in [2.24, 2.45) is 0 Å². The van der Waals surface area contributed by atoms with Crippen LogP contribution in [0.2, 0.25) is 0 Å². The van der Waals surface area contributed by atoms with Crippen molar-refractivity contribution in [3.63, 3.8) is 0 Å². The van der Waals surface area contributed by atoms with Gasteiger partial charge in [0.1, 0.15) is 45.3 Å². The van der Waals surface area contributed by atoms with Gasteiger partial charge in [-0.1, -0.05) is 27.7 Å². The molecule has 0 fully saturated rings. The molecule has 1 aliphatic heterocycles. The van der Waals surface area contributed by atoms with Crippen LogP contribution in [0.25, 0.3) is 0 Å². The highest BCUT2D eigenvalue weighted by Gasteiger charge is 2.30. The van der Waals surface area contributed by atoms with E-state index < -0.39 is 47.5 Å². The Balaban J connectivity index is 1.99. The molecule has 8 bridgehead atoms. The molecule has 0 unspecified atom stereocenters. The maximum Gasteiger partial charge on any atom is 0.341 e. The molecule has 0 spiro atoms. The molecule has 0 aromatic heterocycles. The Hall–Kier alpha value is -8.16. The number of anilines is 4. The van der Waals surface area contributed by atoms with Gasteiger partial charge in [0, 0.05) is 49.9 Å². The van der Waals surface area contributed by atoms with E-state index in [1.165, 1.54) is 24.3 Å². The van der Waals surface area contributed by atoms with Gasteiger partial charge in [0.2, 0.25) is 23.6 Å². The van der Waals surface area contributed by atoms with E-state index in [0.29, 0.717) is 25.7 Å². The molecular weight excluding hydrogens is 889 g/mol. The average molecular weight is 941 g/mol. The molecule has 4 aromatic rings. The molecule has 68 heavy (non-hydrogen) atoms. The summed E-state index contributed by atoms with van der Waals surface area (Å²) in [5.74, 6) is -7.92. The molecule has 360 valence electrons. The van der Waals surface area contributed by atoms with Crippen molar-refractivity contribution in [3.8, 4) is 46.0 Å². The number of ether oxygens (including phenoxy) is 8. The van der Waals surface area contributed by atoms with Crippen LogP contribution in [0, 0.1) is 0 Å². The molecule has 0 atom stereocenters. The SMILES string of the molecule is CCCC(=O)Nc1cc(NC(=O)CCC)c2cc1Oc1cc(c(C(=O)OC)cc1C(=O)OC)Oc1cc(c(NC(=O)CCC)cc1NC(=O)CCC)Oc1cc(c(C(=O)OC)cc1C(=O)OC)O2. The summed E-state index contributed by atoms with van der Waals surface area (Å²) in [6, 6.07) is 9.61. The van der Waals surface area contributed by atoms with Crippen LogP contribution in [0.15, 0.2) is 48.5 Å². The van der Waals surface area contributed by atoms with Crippen LogP contribution in [0.1, 0.15) is 120 Å². The minimum absolute atomic E-state index is 0.0384. The summed E-state index contributed by atoms with van der Waals surface area (Å²) in [5, 5.41) is 11.0. The van der Waals surface area contributed by atoms with E-state index >= 15 is 0 Å². The molecule has 20 heteroatoms. The lowest BCUT2D eigenvalue weighted by molar-refractivity contribution is -0.117. The van der Waals surface area contributed by atoms with Crippen LogP contribution in [0.3, 0.4) is 0 Å². The van der Waals surface area contributed by atoms with Crippen molar-refractivity contribution >= 4 is 70.3 Å².